The molecule has 4 heteroatoms. The van der Waals surface area contributed by atoms with E-state index in [9.17, 15) is 4.79 Å². The van der Waals surface area contributed by atoms with Crippen molar-refractivity contribution in [3.05, 3.63) is 28.8 Å². The fraction of sp³-hybridized carbons (Fsp3) is 0.500. The van der Waals surface area contributed by atoms with E-state index in [-0.39, 0.29) is 0 Å². The van der Waals surface area contributed by atoms with E-state index in [1.807, 2.05) is 13.0 Å². The van der Waals surface area contributed by atoms with Crippen molar-refractivity contribution in [1.29, 1.82) is 0 Å². The van der Waals surface area contributed by atoms with Gasteiger partial charge in [-0.15, -0.1) is 0 Å². The van der Waals surface area contributed by atoms with Crippen LogP contribution >= 0.6 is 0 Å². The fourth-order valence-electron chi connectivity index (χ4n) is 1.80. The van der Waals surface area contributed by atoms with Crippen molar-refractivity contribution in [1.82, 2.24) is 5.32 Å². The molecule has 18 heavy (non-hydrogen) atoms. The van der Waals surface area contributed by atoms with E-state index < -0.39 is 6.09 Å². The number of nitrogens with one attached hydrogen (secondary N) is 1. The molecule has 0 spiro atoms. The summed E-state index contributed by atoms with van der Waals surface area (Å²) < 4.78 is 9.94. The van der Waals surface area contributed by atoms with Crippen molar-refractivity contribution in [3.63, 3.8) is 0 Å². The Bertz CT molecular complexity index is 427. The van der Waals surface area contributed by atoms with Crippen LogP contribution in [-0.4, -0.2) is 20.3 Å². The summed E-state index contributed by atoms with van der Waals surface area (Å²) in [5.74, 6) is 1.27. The van der Waals surface area contributed by atoms with Gasteiger partial charge in [0.25, 0.3) is 0 Å². The lowest BCUT2D eigenvalue weighted by Crippen LogP contribution is -2.22. The van der Waals surface area contributed by atoms with E-state index in [4.69, 9.17) is 4.74 Å². The molecular formula is C14H21NO3. The van der Waals surface area contributed by atoms with Crippen LogP contribution in [0.3, 0.4) is 0 Å². The van der Waals surface area contributed by atoms with E-state index >= 15 is 0 Å². The molecule has 4 nitrogen and oxygen atoms in total. The number of carbonyl (C=O) groups excluding carboxylic acids is 1. The predicted octanol–water partition coefficient (Wildman–Crippen LogP) is 2.98. The van der Waals surface area contributed by atoms with E-state index in [2.05, 4.69) is 30.0 Å². The number of alkyl carbamates (subject to hydrolysis) is 1. The SMILES string of the molecule is COC(=O)NCc1cc(C(C)C)c(OC)cc1C. The number of ether oxygens (including phenoxy) is 2. The molecule has 0 heterocycles. The van der Waals surface area contributed by atoms with Crippen LogP contribution in [0, 0.1) is 6.92 Å². The van der Waals surface area contributed by atoms with Crippen molar-refractivity contribution < 1.29 is 14.3 Å². The van der Waals surface area contributed by atoms with Gasteiger partial charge in [0.2, 0.25) is 0 Å². The van der Waals surface area contributed by atoms with Gasteiger partial charge in [-0.1, -0.05) is 13.8 Å². The second-order valence-corrected chi connectivity index (χ2v) is 4.52. The first-order valence-corrected chi connectivity index (χ1v) is 5.98. The van der Waals surface area contributed by atoms with Gasteiger partial charge in [-0.25, -0.2) is 4.79 Å². The van der Waals surface area contributed by atoms with Crippen molar-refractivity contribution in [2.75, 3.05) is 14.2 Å². The molecule has 0 saturated carbocycles. The minimum Gasteiger partial charge on any atom is -0.496 e. The quantitative estimate of drug-likeness (QED) is 0.895. The van der Waals surface area contributed by atoms with Gasteiger partial charge in [0.15, 0.2) is 0 Å². The molecule has 0 aliphatic heterocycles. The molecule has 0 bridgehead atoms. The molecule has 0 fully saturated rings. The second kappa shape index (κ2) is 6.28. The van der Waals surface area contributed by atoms with Crippen molar-refractivity contribution in [2.45, 2.75) is 33.2 Å². The van der Waals surface area contributed by atoms with Crippen molar-refractivity contribution in [3.8, 4) is 5.75 Å². The number of carbonyl (C=O) groups is 1. The molecule has 1 aromatic carbocycles. The Morgan fingerprint density at radius 1 is 1.33 bits per heavy atom. The van der Waals surface area contributed by atoms with Gasteiger partial charge in [-0.3, -0.25) is 0 Å². The first-order valence-electron chi connectivity index (χ1n) is 5.98. The van der Waals surface area contributed by atoms with Gasteiger partial charge >= 0.3 is 6.09 Å². The molecule has 1 amide bonds. The number of hydrogen-bond acceptors (Lipinski definition) is 3. The Balaban J connectivity index is 2.98. The van der Waals surface area contributed by atoms with Crippen LogP contribution in [0.25, 0.3) is 0 Å². The average Bonchev–Trinajstić information content (AvgIpc) is 2.35. The zero-order valence-electron chi connectivity index (χ0n) is 11.7. The monoisotopic (exact) mass is 251 g/mol. The number of benzene rings is 1. The molecule has 0 aliphatic carbocycles. The molecule has 0 aliphatic rings. The summed E-state index contributed by atoms with van der Waals surface area (Å²) in [4.78, 5) is 11.1. The molecular weight excluding hydrogens is 230 g/mol. The highest BCUT2D eigenvalue weighted by Gasteiger charge is 2.11. The highest BCUT2D eigenvalue weighted by molar-refractivity contribution is 5.67. The lowest BCUT2D eigenvalue weighted by Gasteiger charge is -2.16. The molecule has 0 radical (unpaired) electrons. The zero-order valence-corrected chi connectivity index (χ0v) is 11.7. The lowest BCUT2D eigenvalue weighted by molar-refractivity contribution is 0.170. The number of methoxy groups -OCH3 is 2. The van der Waals surface area contributed by atoms with E-state index in [0.29, 0.717) is 12.5 Å². The van der Waals surface area contributed by atoms with Crippen LogP contribution in [0.1, 0.15) is 36.5 Å². The van der Waals surface area contributed by atoms with Crippen LogP contribution in [0.15, 0.2) is 12.1 Å². The maximum Gasteiger partial charge on any atom is 0.407 e. The summed E-state index contributed by atoms with van der Waals surface area (Å²) in [5.41, 5.74) is 3.31. The molecule has 1 rings (SSSR count). The number of aryl methyl sites for hydroxylation is 1. The van der Waals surface area contributed by atoms with E-state index in [0.717, 1.165) is 22.4 Å². The Hall–Kier alpha value is -1.71. The van der Waals surface area contributed by atoms with Crippen LogP contribution in [-0.2, 0) is 11.3 Å². The van der Waals surface area contributed by atoms with Gasteiger partial charge < -0.3 is 14.8 Å². The standard InChI is InChI=1S/C14H21NO3/c1-9(2)12-7-11(8-15-14(16)18-5)10(3)6-13(12)17-4/h6-7,9H,8H2,1-5H3,(H,15,16). The molecule has 0 unspecified atom stereocenters. The number of hydrogen-bond donors (Lipinski definition) is 1. The van der Waals surface area contributed by atoms with Gasteiger partial charge in [-0.2, -0.15) is 0 Å². The van der Waals surface area contributed by atoms with E-state index in [1.165, 1.54) is 7.11 Å². The van der Waals surface area contributed by atoms with Gasteiger partial charge in [-0.05, 0) is 41.7 Å². The Kier molecular flexibility index (Phi) is 5.01. The van der Waals surface area contributed by atoms with E-state index in [1.54, 1.807) is 7.11 Å². The molecule has 1 aromatic rings. The third-order valence-corrected chi connectivity index (χ3v) is 2.92. The van der Waals surface area contributed by atoms with Gasteiger partial charge in [0.1, 0.15) is 5.75 Å². The maximum absolute atomic E-state index is 11.1. The molecule has 0 aromatic heterocycles. The average molecular weight is 251 g/mol. The maximum atomic E-state index is 11.1. The van der Waals surface area contributed by atoms with Crippen LogP contribution in [0.5, 0.6) is 5.75 Å². The molecule has 0 saturated heterocycles. The molecule has 0 atom stereocenters. The highest BCUT2D eigenvalue weighted by atomic mass is 16.5. The Morgan fingerprint density at radius 2 is 2.00 bits per heavy atom. The van der Waals surface area contributed by atoms with Gasteiger partial charge in [0, 0.05) is 6.54 Å². The number of rotatable bonds is 4. The first-order chi connectivity index (χ1) is 8.49. The summed E-state index contributed by atoms with van der Waals surface area (Å²) in [6, 6.07) is 4.08. The van der Waals surface area contributed by atoms with Crippen molar-refractivity contribution >= 4 is 6.09 Å². The molecule has 1 N–H and O–H groups in total. The third kappa shape index (κ3) is 3.39. The minimum absolute atomic E-state index is 0.373. The third-order valence-electron chi connectivity index (χ3n) is 2.92. The topological polar surface area (TPSA) is 47.6 Å². The normalized spacial score (nSPS) is 10.3. The summed E-state index contributed by atoms with van der Waals surface area (Å²) in [7, 11) is 3.03. The van der Waals surface area contributed by atoms with Crippen molar-refractivity contribution in [2.24, 2.45) is 0 Å². The minimum atomic E-state index is -0.420. The van der Waals surface area contributed by atoms with Crippen LogP contribution in [0.4, 0.5) is 4.79 Å². The largest absolute Gasteiger partial charge is 0.496 e. The smallest absolute Gasteiger partial charge is 0.407 e. The summed E-state index contributed by atoms with van der Waals surface area (Å²) >= 11 is 0. The summed E-state index contributed by atoms with van der Waals surface area (Å²) in [5, 5.41) is 2.69. The molecule has 100 valence electrons. The Morgan fingerprint density at radius 3 is 2.50 bits per heavy atom. The van der Waals surface area contributed by atoms with Crippen LogP contribution < -0.4 is 10.1 Å². The lowest BCUT2D eigenvalue weighted by atomic mass is 9.96. The first kappa shape index (κ1) is 14.4. The summed E-state index contributed by atoms with van der Waals surface area (Å²) in [6.45, 7) is 6.69. The number of amides is 1. The predicted molar refractivity (Wildman–Crippen MR) is 71.1 cm³/mol. The second-order valence-electron chi connectivity index (χ2n) is 4.52. The van der Waals surface area contributed by atoms with Gasteiger partial charge in [0.05, 0.1) is 14.2 Å². The van der Waals surface area contributed by atoms with Crippen LogP contribution in [0.2, 0.25) is 0 Å². The highest BCUT2D eigenvalue weighted by Crippen LogP contribution is 2.29. The fourth-order valence-corrected chi connectivity index (χ4v) is 1.80. The Labute approximate surface area is 108 Å². The zero-order chi connectivity index (χ0) is 13.7. The summed E-state index contributed by atoms with van der Waals surface area (Å²) in [6.07, 6.45) is -0.420.